The first-order valence-electron chi connectivity index (χ1n) is 8.67. The van der Waals surface area contributed by atoms with Gasteiger partial charge in [0.1, 0.15) is 17.1 Å². The van der Waals surface area contributed by atoms with Crippen molar-refractivity contribution in [2.45, 2.75) is 6.42 Å². The van der Waals surface area contributed by atoms with Crippen LogP contribution in [0, 0.1) is 0 Å². The number of anilines is 1. The zero-order valence-electron chi connectivity index (χ0n) is 15.1. The van der Waals surface area contributed by atoms with Crippen LogP contribution in [0.25, 0.3) is 22.3 Å². The van der Waals surface area contributed by atoms with Gasteiger partial charge in [0.05, 0.1) is 18.9 Å². The Hall–Kier alpha value is -3.38. The van der Waals surface area contributed by atoms with E-state index in [2.05, 4.69) is 5.32 Å². The summed E-state index contributed by atoms with van der Waals surface area (Å²) in [7, 11) is 1.60. The van der Waals surface area contributed by atoms with Crippen LogP contribution in [0.4, 0.5) is 5.69 Å². The molecule has 28 heavy (non-hydrogen) atoms. The molecule has 4 rings (SSSR count). The van der Waals surface area contributed by atoms with Crippen LogP contribution in [0.15, 0.2) is 75.3 Å². The minimum Gasteiger partial charge on any atom is -0.497 e. The number of nitrogens with one attached hydrogen (secondary N) is 1. The van der Waals surface area contributed by atoms with Gasteiger partial charge in [0.15, 0.2) is 5.43 Å². The second-order valence-electron chi connectivity index (χ2n) is 6.22. The molecule has 1 N–H and O–H groups in total. The van der Waals surface area contributed by atoms with Crippen molar-refractivity contribution >= 4 is 33.9 Å². The summed E-state index contributed by atoms with van der Waals surface area (Å²) in [5, 5.41) is 5.19. The Balaban J connectivity index is 1.60. The SMILES string of the molecule is COc1ccc(-c2cc(=O)c3cc(NC(=O)Cc4cccs4)ccc3o2)cc1. The number of thiophene rings is 1. The van der Waals surface area contributed by atoms with Crippen LogP contribution in [0.1, 0.15) is 4.88 Å². The second-order valence-corrected chi connectivity index (χ2v) is 7.25. The number of methoxy groups -OCH3 is 1. The Bertz CT molecular complexity index is 1180. The van der Waals surface area contributed by atoms with Crippen LogP contribution in [-0.2, 0) is 11.2 Å². The number of benzene rings is 2. The number of hydrogen-bond donors (Lipinski definition) is 1. The lowest BCUT2D eigenvalue weighted by molar-refractivity contribution is -0.115. The van der Waals surface area contributed by atoms with Gasteiger partial charge in [-0.1, -0.05) is 6.07 Å². The van der Waals surface area contributed by atoms with Crippen LogP contribution in [0.2, 0.25) is 0 Å². The topological polar surface area (TPSA) is 68.5 Å². The number of fused-ring (bicyclic) bond motifs is 1. The predicted molar refractivity (Wildman–Crippen MR) is 111 cm³/mol. The molecular formula is C22H17NO4S. The summed E-state index contributed by atoms with van der Waals surface area (Å²) >= 11 is 1.53. The molecule has 0 saturated carbocycles. The number of rotatable bonds is 5. The molecule has 0 aliphatic heterocycles. The van der Waals surface area contributed by atoms with Crippen LogP contribution in [-0.4, -0.2) is 13.0 Å². The molecule has 2 aromatic heterocycles. The quantitative estimate of drug-likeness (QED) is 0.535. The summed E-state index contributed by atoms with van der Waals surface area (Å²) in [5.41, 5.74) is 1.66. The van der Waals surface area contributed by atoms with Gasteiger partial charge in [-0.15, -0.1) is 11.3 Å². The molecule has 1 amide bonds. The predicted octanol–water partition coefficient (Wildman–Crippen LogP) is 4.71. The van der Waals surface area contributed by atoms with Gasteiger partial charge in [-0.05, 0) is 53.9 Å². The summed E-state index contributed by atoms with van der Waals surface area (Å²) in [6.07, 6.45) is 0.306. The molecule has 4 aromatic rings. The largest absolute Gasteiger partial charge is 0.497 e. The first-order valence-corrected chi connectivity index (χ1v) is 9.55. The maximum absolute atomic E-state index is 12.6. The van der Waals surface area contributed by atoms with Gasteiger partial charge in [0, 0.05) is 22.2 Å². The van der Waals surface area contributed by atoms with Crippen LogP contribution in [0.5, 0.6) is 5.75 Å². The third-order valence-electron chi connectivity index (χ3n) is 4.30. The monoisotopic (exact) mass is 391 g/mol. The van der Waals surface area contributed by atoms with Crippen molar-refractivity contribution in [2.24, 2.45) is 0 Å². The minimum atomic E-state index is -0.165. The average Bonchev–Trinajstić information content (AvgIpc) is 3.21. The molecule has 0 unspecified atom stereocenters. The molecule has 0 radical (unpaired) electrons. The number of carbonyl (C=O) groups excluding carboxylic acids is 1. The standard InChI is InChI=1S/C22H17NO4S/c1-26-16-7-4-14(5-8-16)21-13-19(24)18-11-15(6-9-20(18)27-21)23-22(25)12-17-3-2-10-28-17/h2-11,13H,12H2,1H3,(H,23,25). The molecule has 0 fully saturated rings. The van der Waals surface area contributed by atoms with Gasteiger partial charge < -0.3 is 14.5 Å². The van der Waals surface area contributed by atoms with Crippen molar-refractivity contribution < 1.29 is 13.9 Å². The van der Waals surface area contributed by atoms with E-state index < -0.39 is 0 Å². The lowest BCUT2D eigenvalue weighted by Gasteiger charge is -2.07. The lowest BCUT2D eigenvalue weighted by atomic mass is 10.1. The van der Waals surface area contributed by atoms with E-state index >= 15 is 0 Å². The Labute approximate surface area is 165 Å². The highest BCUT2D eigenvalue weighted by molar-refractivity contribution is 7.10. The van der Waals surface area contributed by atoms with Gasteiger partial charge >= 0.3 is 0 Å². The van der Waals surface area contributed by atoms with Crippen LogP contribution in [0.3, 0.4) is 0 Å². The van der Waals surface area contributed by atoms with E-state index in [4.69, 9.17) is 9.15 Å². The molecule has 0 bridgehead atoms. The van der Waals surface area contributed by atoms with Crippen molar-refractivity contribution in [3.05, 3.63) is 81.1 Å². The Morgan fingerprint density at radius 1 is 1.11 bits per heavy atom. The van der Waals surface area contributed by atoms with E-state index in [1.807, 2.05) is 41.8 Å². The van der Waals surface area contributed by atoms with Gasteiger partial charge in [-0.25, -0.2) is 0 Å². The third kappa shape index (κ3) is 3.82. The van der Waals surface area contributed by atoms with Crippen molar-refractivity contribution in [2.75, 3.05) is 12.4 Å². The maximum Gasteiger partial charge on any atom is 0.229 e. The van der Waals surface area contributed by atoms with E-state index in [1.54, 1.807) is 25.3 Å². The van der Waals surface area contributed by atoms with Crippen LogP contribution >= 0.6 is 11.3 Å². The minimum absolute atomic E-state index is 0.124. The molecule has 6 heteroatoms. The Morgan fingerprint density at radius 2 is 1.93 bits per heavy atom. The Morgan fingerprint density at radius 3 is 2.64 bits per heavy atom. The average molecular weight is 391 g/mol. The smallest absolute Gasteiger partial charge is 0.229 e. The van der Waals surface area contributed by atoms with Gasteiger partial charge in [0.2, 0.25) is 5.91 Å². The lowest BCUT2D eigenvalue weighted by Crippen LogP contribution is -2.14. The highest BCUT2D eigenvalue weighted by Crippen LogP contribution is 2.25. The van der Waals surface area contributed by atoms with E-state index in [-0.39, 0.29) is 11.3 Å². The summed E-state index contributed by atoms with van der Waals surface area (Å²) in [6.45, 7) is 0. The molecule has 2 heterocycles. The van der Waals surface area contributed by atoms with Crippen molar-refractivity contribution in [3.8, 4) is 17.1 Å². The fourth-order valence-corrected chi connectivity index (χ4v) is 3.61. The fourth-order valence-electron chi connectivity index (χ4n) is 2.91. The first-order chi connectivity index (χ1) is 13.6. The number of hydrogen-bond acceptors (Lipinski definition) is 5. The second kappa shape index (κ2) is 7.70. The molecule has 0 atom stereocenters. The summed E-state index contributed by atoms with van der Waals surface area (Å²) in [6, 6.07) is 17.7. The number of ether oxygens (including phenoxy) is 1. The van der Waals surface area contributed by atoms with E-state index in [9.17, 15) is 9.59 Å². The summed E-state index contributed by atoms with van der Waals surface area (Å²) in [4.78, 5) is 25.8. The molecular weight excluding hydrogens is 374 g/mol. The maximum atomic E-state index is 12.6. The molecule has 0 aliphatic rings. The van der Waals surface area contributed by atoms with Crippen molar-refractivity contribution in [1.82, 2.24) is 0 Å². The summed E-state index contributed by atoms with van der Waals surface area (Å²) in [5.74, 6) is 1.09. The van der Waals surface area contributed by atoms with E-state index in [0.29, 0.717) is 28.8 Å². The third-order valence-corrected chi connectivity index (χ3v) is 5.18. The van der Waals surface area contributed by atoms with Gasteiger partial charge in [-0.3, -0.25) is 9.59 Å². The zero-order chi connectivity index (χ0) is 19.5. The fraction of sp³-hybridized carbons (Fsp3) is 0.0909. The molecule has 0 aliphatic carbocycles. The summed E-state index contributed by atoms with van der Waals surface area (Å²) < 4.78 is 11.0. The highest BCUT2D eigenvalue weighted by Gasteiger charge is 2.10. The molecule has 2 aromatic carbocycles. The first kappa shape index (κ1) is 18.0. The Kier molecular flexibility index (Phi) is 4.95. The molecule has 5 nitrogen and oxygen atoms in total. The molecule has 0 spiro atoms. The van der Waals surface area contributed by atoms with E-state index in [1.165, 1.54) is 17.4 Å². The van der Waals surface area contributed by atoms with Crippen LogP contribution < -0.4 is 15.5 Å². The van der Waals surface area contributed by atoms with Crippen molar-refractivity contribution in [3.63, 3.8) is 0 Å². The molecule has 140 valence electrons. The normalized spacial score (nSPS) is 10.8. The van der Waals surface area contributed by atoms with Gasteiger partial charge in [0.25, 0.3) is 0 Å². The molecule has 0 saturated heterocycles. The highest BCUT2D eigenvalue weighted by atomic mass is 32.1. The van der Waals surface area contributed by atoms with E-state index in [0.717, 1.165) is 16.2 Å². The zero-order valence-corrected chi connectivity index (χ0v) is 15.9. The van der Waals surface area contributed by atoms with Crippen molar-refractivity contribution in [1.29, 1.82) is 0 Å². The number of amides is 1. The van der Waals surface area contributed by atoms with Gasteiger partial charge in [-0.2, -0.15) is 0 Å². The number of carbonyl (C=O) groups is 1.